The quantitative estimate of drug-likeness (QED) is 0.560. The Morgan fingerprint density at radius 1 is 1.10 bits per heavy atom. The SMILES string of the molecule is COC12CC3CC(CC(C3)C1=Cc1cc(O)c3nc(-c4ccccc4)sc3c1)C2. The zero-order valence-corrected chi connectivity index (χ0v) is 17.4. The molecule has 4 saturated carbocycles. The summed E-state index contributed by atoms with van der Waals surface area (Å²) in [5, 5.41) is 11.6. The highest BCUT2D eigenvalue weighted by atomic mass is 32.1. The number of nitrogens with zero attached hydrogens (tertiary/aromatic N) is 1. The Kier molecular flexibility index (Phi) is 3.91. The Hall–Kier alpha value is -2.17. The smallest absolute Gasteiger partial charge is 0.143 e. The van der Waals surface area contributed by atoms with E-state index >= 15 is 0 Å². The molecule has 4 bridgehead atoms. The molecule has 7 rings (SSSR count). The summed E-state index contributed by atoms with van der Waals surface area (Å²) in [6, 6.07) is 14.2. The number of aromatic hydroxyl groups is 1. The van der Waals surface area contributed by atoms with E-state index in [2.05, 4.69) is 24.3 Å². The molecule has 2 atom stereocenters. The van der Waals surface area contributed by atoms with Gasteiger partial charge in [0.25, 0.3) is 0 Å². The molecular formula is C25H25NO2S. The number of thiazole rings is 1. The minimum Gasteiger partial charge on any atom is -0.506 e. The summed E-state index contributed by atoms with van der Waals surface area (Å²) in [6.45, 7) is 0. The van der Waals surface area contributed by atoms with Crippen LogP contribution >= 0.6 is 11.3 Å². The molecule has 1 N–H and O–H groups in total. The zero-order chi connectivity index (χ0) is 19.6. The van der Waals surface area contributed by atoms with Gasteiger partial charge in [0, 0.05) is 12.7 Å². The second-order valence-corrected chi connectivity index (χ2v) is 10.1. The molecule has 4 aliphatic rings. The molecule has 4 aliphatic carbocycles. The van der Waals surface area contributed by atoms with E-state index in [1.165, 1.54) is 24.8 Å². The highest BCUT2D eigenvalue weighted by Gasteiger charge is 2.54. The Labute approximate surface area is 175 Å². The van der Waals surface area contributed by atoms with Gasteiger partial charge in [0.2, 0.25) is 0 Å². The number of aromatic nitrogens is 1. The number of phenols is 1. The van der Waals surface area contributed by atoms with Gasteiger partial charge < -0.3 is 9.84 Å². The van der Waals surface area contributed by atoms with Crippen molar-refractivity contribution >= 4 is 27.6 Å². The molecule has 2 unspecified atom stereocenters. The summed E-state index contributed by atoms with van der Waals surface area (Å²) in [5.74, 6) is 2.56. The van der Waals surface area contributed by atoms with Crippen LogP contribution in [-0.2, 0) is 4.74 Å². The maximum atomic E-state index is 10.7. The number of fused-ring (bicyclic) bond motifs is 1. The molecule has 0 aliphatic heterocycles. The molecule has 3 aromatic rings. The lowest BCUT2D eigenvalue weighted by atomic mass is 9.52. The first-order valence-corrected chi connectivity index (χ1v) is 11.4. The Morgan fingerprint density at radius 3 is 2.59 bits per heavy atom. The normalized spacial score (nSPS) is 31.8. The highest BCUT2D eigenvalue weighted by Crippen LogP contribution is 2.60. The van der Waals surface area contributed by atoms with Crippen LogP contribution in [0.2, 0.25) is 0 Å². The topological polar surface area (TPSA) is 42.4 Å². The van der Waals surface area contributed by atoms with Crippen LogP contribution in [0.3, 0.4) is 0 Å². The van der Waals surface area contributed by atoms with Gasteiger partial charge >= 0.3 is 0 Å². The van der Waals surface area contributed by atoms with Crippen molar-refractivity contribution in [3.05, 3.63) is 53.6 Å². The molecular weight excluding hydrogens is 378 g/mol. The van der Waals surface area contributed by atoms with Gasteiger partial charge in [0.05, 0.1) is 10.3 Å². The second kappa shape index (κ2) is 6.41. The Morgan fingerprint density at radius 2 is 1.86 bits per heavy atom. The number of benzene rings is 2. The van der Waals surface area contributed by atoms with Gasteiger partial charge in [-0.25, -0.2) is 4.98 Å². The lowest BCUT2D eigenvalue weighted by Crippen LogP contribution is -2.53. The van der Waals surface area contributed by atoms with Gasteiger partial charge in [0.15, 0.2) is 0 Å². The van der Waals surface area contributed by atoms with Crippen LogP contribution in [-0.4, -0.2) is 22.8 Å². The molecule has 2 aromatic carbocycles. The predicted octanol–water partition coefficient (Wildman–Crippen LogP) is 6.28. The average molecular weight is 404 g/mol. The lowest BCUT2D eigenvalue weighted by Gasteiger charge is -2.57. The first kappa shape index (κ1) is 17.7. The van der Waals surface area contributed by atoms with Crippen molar-refractivity contribution in [2.45, 2.75) is 37.7 Å². The van der Waals surface area contributed by atoms with Crippen LogP contribution in [0.1, 0.15) is 37.7 Å². The van der Waals surface area contributed by atoms with Crippen molar-refractivity contribution in [2.24, 2.45) is 17.8 Å². The van der Waals surface area contributed by atoms with Gasteiger partial charge in [-0.05, 0) is 73.1 Å². The van der Waals surface area contributed by atoms with E-state index in [0.29, 0.717) is 11.4 Å². The van der Waals surface area contributed by atoms with Crippen molar-refractivity contribution in [3.8, 4) is 16.3 Å². The predicted molar refractivity (Wildman–Crippen MR) is 118 cm³/mol. The van der Waals surface area contributed by atoms with Crippen molar-refractivity contribution in [1.82, 2.24) is 4.98 Å². The number of methoxy groups -OCH3 is 1. The molecule has 148 valence electrons. The fourth-order valence-corrected chi connectivity index (χ4v) is 7.35. The molecule has 3 nitrogen and oxygen atoms in total. The number of ether oxygens (including phenoxy) is 1. The summed E-state index contributed by atoms with van der Waals surface area (Å²) in [5.41, 5.74) is 4.23. The van der Waals surface area contributed by atoms with Crippen molar-refractivity contribution in [2.75, 3.05) is 7.11 Å². The maximum absolute atomic E-state index is 10.7. The van der Waals surface area contributed by atoms with E-state index in [0.717, 1.165) is 45.5 Å². The molecule has 4 fully saturated rings. The maximum Gasteiger partial charge on any atom is 0.143 e. The van der Waals surface area contributed by atoms with E-state index in [4.69, 9.17) is 9.72 Å². The first-order chi connectivity index (χ1) is 14.1. The van der Waals surface area contributed by atoms with Crippen molar-refractivity contribution in [1.29, 1.82) is 0 Å². The van der Waals surface area contributed by atoms with E-state index in [-0.39, 0.29) is 11.4 Å². The summed E-state index contributed by atoms with van der Waals surface area (Å²) < 4.78 is 7.21. The Bertz CT molecular complexity index is 1100. The lowest BCUT2D eigenvalue weighted by molar-refractivity contribution is -0.0997. The van der Waals surface area contributed by atoms with Crippen molar-refractivity contribution < 1.29 is 9.84 Å². The van der Waals surface area contributed by atoms with Crippen LogP contribution in [0.5, 0.6) is 5.75 Å². The summed E-state index contributed by atoms with van der Waals surface area (Å²) in [6.07, 6.45) is 8.64. The third-order valence-corrected chi connectivity index (χ3v) is 8.39. The number of rotatable bonds is 3. The van der Waals surface area contributed by atoms with E-state index in [1.54, 1.807) is 11.3 Å². The number of phenolic OH excluding ortho intramolecular Hbond substituents is 1. The summed E-state index contributed by atoms with van der Waals surface area (Å²) in [7, 11) is 1.89. The van der Waals surface area contributed by atoms with E-state index in [9.17, 15) is 5.11 Å². The largest absolute Gasteiger partial charge is 0.506 e. The molecule has 29 heavy (non-hydrogen) atoms. The van der Waals surface area contributed by atoms with Crippen LogP contribution in [0.15, 0.2) is 48.0 Å². The van der Waals surface area contributed by atoms with Crippen LogP contribution in [0, 0.1) is 17.8 Å². The van der Waals surface area contributed by atoms with Crippen molar-refractivity contribution in [3.63, 3.8) is 0 Å². The van der Waals surface area contributed by atoms with Gasteiger partial charge in [-0.15, -0.1) is 11.3 Å². The molecule has 0 spiro atoms. The van der Waals surface area contributed by atoms with E-state index in [1.807, 2.05) is 31.4 Å². The monoisotopic (exact) mass is 403 g/mol. The fraction of sp³-hybridized carbons (Fsp3) is 0.400. The summed E-state index contributed by atoms with van der Waals surface area (Å²) >= 11 is 1.64. The highest BCUT2D eigenvalue weighted by molar-refractivity contribution is 7.21. The fourth-order valence-electron chi connectivity index (χ4n) is 6.31. The van der Waals surface area contributed by atoms with E-state index < -0.39 is 0 Å². The zero-order valence-electron chi connectivity index (χ0n) is 16.6. The minimum atomic E-state index is -0.0811. The van der Waals surface area contributed by atoms with Gasteiger partial charge in [0.1, 0.15) is 16.3 Å². The average Bonchev–Trinajstić information content (AvgIpc) is 3.16. The Balaban J connectivity index is 1.43. The van der Waals surface area contributed by atoms with Gasteiger partial charge in [-0.3, -0.25) is 0 Å². The molecule has 0 amide bonds. The van der Waals surface area contributed by atoms with Crippen LogP contribution in [0.4, 0.5) is 0 Å². The molecule has 0 radical (unpaired) electrons. The molecule has 0 saturated heterocycles. The third-order valence-electron chi connectivity index (χ3n) is 7.34. The third kappa shape index (κ3) is 2.77. The number of hydrogen-bond donors (Lipinski definition) is 1. The van der Waals surface area contributed by atoms with Gasteiger partial charge in [-0.1, -0.05) is 36.4 Å². The van der Waals surface area contributed by atoms with Crippen LogP contribution in [0.25, 0.3) is 26.9 Å². The molecule has 1 aromatic heterocycles. The van der Waals surface area contributed by atoms with Crippen LogP contribution < -0.4 is 0 Å². The summed E-state index contributed by atoms with van der Waals surface area (Å²) in [4.78, 5) is 4.70. The second-order valence-electron chi connectivity index (χ2n) is 9.11. The van der Waals surface area contributed by atoms with Gasteiger partial charge in [-0.2, -0.15) is 0 Å². The minimum absolute atomic E-state index is 0.0811. The molecule has 4 heteroatoms. The molecule has 1 heterocycles. The standard InChI is InChI=1S/C25H25NO2S/c1-28-25-13-16-7-17(14-25)9-19(8-16)20(25)10-15-11-21(27)23-22(12-15)29-24(26-23)18-5-3-2-4-6-18/h2-6,10-12,16-17,19,27H,7-9,13-14H2,1H3. The first-order valence-electron chi connectivity index (χ1n) is 10.6. The number of hydrogen-bond acceptors (Lipinski definition) is 4.